The van der Waals surface area contributed by atoms with Crippen LogP contribution < -0.4 is 21.5 Å². The van der Waals surface area contributed by atoms with E-state index in [1.807, 2.05) is 38.1 Å². The second-order valence-corrected chi connectivity index (χ2v) is 8.53. The lowest BCUT2D eigenvalue weighted by Crippen LogP contribution is -2.21. The van der Waals surface area contributed by atoms with E-state index in [2.05, 4.69) is 41.7 Å². The van der Waals surface area contributed by atoms with Gasteiger partial charge < -0.3 is 10.6 Å². The van der Waals surface area contributed by atoms with Crippen LogP contribution in [0.25, 0.3) is 0 Å². The molecule has 4 rings (SSSR count). The molecule has 200 valence electrons. The predicted octanol–water partition coefficient (Wildman–Crippen LogP) is 4.80. The number of urea groups is 1. The lowest BCUT2D eigenvalue weighted by Gasteiger charge is -2.10. The minimum atomic E-state index is -0.382. The highest BCUT2D eigenvalue weighted by Crippen LogP contribution is 2.14. The molecule has 40 heavy (non-hydrogen) atoms. The molecular weight excluding hydrogens is 504 g/mol. The van der Waals surface area contributed by atoms with Gasteiger partial charge in [0.1, 0.15) is 11.4 Å². The molecule has 11 heteroatoms. The third kappa shape index (κ3) is 7.65. The number of pyridine rings is 2. The van der Waals surface area contributed by atoms with Gasteiger partial charge in [-0.05, 0) is 73.5 Å². The Hall–Kier alpha value is -5.71. The van der Waals surface area contributed by atoms with Gasteiger partial charge in [-0.25, -0.2) is 4.79 Å². The lowest BCUT2D eigenvalue weighted by molar-refractivity contribution is 0.262. The van der Waals surface area contributed by atoms with E-state index in [0.717, 1.165) is 11.1 Å². The molecule has 2 amide bonds. The molecule has 0 bridgehead atoms. The van der Waals surface area contributed by atoms with E-state index in [0.29, 0.717) is 34.2 Å². The van der Waals surface area contributed by atoms with E-state index in [4.69, 9.17) is 10.8 Å². The van der Waals surface area contributed by atoms with Crippen LogP contribution >= 0.6 is 0 Å². The van der Waals surface area contributed by atoms with Crippen molar-refractivity contribution in [3.63, 3.8) is 0 Å². The van der Waals surface area contributed by atoms with Gasteiger partial charge in [0.2, 0.25) is 0 Å². The van der Waals surface area contributed by atoms with Crippen molar-refractivity contribution in [1.29, 1.82) is 10.8 Å². The molecule has 2 aromatic carbocycles. The summed E-state index contributed by atoms with van der Waals surface area (Å²) in [7, 11) is 0. The molecule has 6 N–H and O–H groups in total. The monoisotopic (exact) mass is 532 g/mol. The molecule has 0 spiro atoms. The van der Waals surface area contributed by atoms with E-state index < -0.39 is 0 Å². The SMILES string of the molecule is C/C(=N/NC(=N)c1ccccn1)c1ccc(NC(=O)Nc2ccc(/C(C)=N/NC(=N)c3ccccn3)cc2)cc1. The maximum Gasteiger partial charge on any atom is 0.323 e. The number of hydrogen-bond donors (Lipinski definition) is 6. The lowest BCUT2D eigenvalue weighted by atomic mass is 10.1. The Balaban J connectivity index is 1.27. The molecule has 0 radical (unpaired) electrons. The molecule has 0 atom stereocenters. The van der Waals surface area contributed by atoms with Crippen molar-refractivity contribution in [2.75, 3.05) is 10.6 Å². The van der Waals surface area contributed by atoms with Crippen molar-refractivity contribution in [2.24, 2.45) is 10.2 Å². The fourth-order valence-corrected chi connectivity index (χ4v) is 3.43. The molecule has 0 saturated heterocycles. The summed E-state index contributed by atoms with van der Waals surface area (Å²) < 4.78 is 0. The summed E-state index contributed by atoms with van der Waals surface area (Å²) >= 11 is 0. The minimum absolute atomic E-state index is 0.100. The summed E-state index contributed by atoms with van der Waals surface area (Å²) in [6, 6.07) is 24.7. The highest BCUT2D eigenvalue weighted by atomic mass is 16.2. The first-order valence-electron chi connectivity index (χ1n) is 12.3. The first-order chi connectivity index (χ1) is 19.4. The van der Waals surface area contributed by atoms with Crippen molar-refractivity contribution >= 4 is 40.5 Å². The quantitative estimate of drug-likeness (QED) is 0.109. The molecule has 4 aromatic rings. The summed E-state index contributed by atoms with van der Waals surface area (Å²) in [6.07, 6.45) is 3.24. The van der Waals surface area contributed by atoms with Crippen LogP contribution in [-0.4, -0.2) is 39.1 Å². The summed E-state index contributed by atoms with van der Waals surface area (Å²) in [6.45, 7) is 3.65. The number of hydrogen-bond acceptors (Lipinski definition) is 7. The van der Waals surface area contributed by atoms with E-state index in [-0.39, 0.29) is 17.7 Å². The van der Waals surface area contributed by atoms with Gasteiger partial charge in [0.05, 0.1) is 11.4 Å². The third-order valence-corrected chi connectivity index (χ3v) is 5.63. The van der Waals surface area contributed by atoms with Gasteiger partial charge >= 0.3 is 6.03 Å². The third-order valence-electron chi connectivity index (χ3n) is 5.63. The number of carbonyl (C=O) groups excluding carboxylic acids is 1. The average molecular weight is 533 g/mol. The van der Waals surface area contributed by atoms with Crippen LogP contribution in [-0.2, 0) is 0 Å². The predicted molar refractivity (Wildman–Crippen MR) is 158 cm³/mol. The van der Waals surface area contributed by atoms with Gasteiger partial charge in [-0.1, -0.05) is 36.4 Å². The number of rotatable bonds is 8. The number of amidine groups is 2. The van der Waals surface area contributed by atoms with Gasteiger partial charge in [-0.15, -0.1) is 0 Å². The fraction of sp³-hybridized carbons (Fsp3) is 0.0690. The van der Waals surface area contributed by atoms with E-state index in [1.165, 1.54) is 0 Å². The first-order valence-corrected chi connectivity index (χ1v) is 12.3. The molecule has 2 heterocycles. The standard InChI is InChI=1S/C29H28N10O/c1-19(36-38-27(30)25-7-3-5-17-32-25)21-9-13-23(14-10-21)34-29(40)35-24-15-11-22(12-16-24)20(2)37-39-28(31)26-8-4-6-18-33-26/h3-18H,1-2H3,(H2,30,38)(H2,31,39)(H2,34,35,40)/b36-19-,37-20+. The van der Waals surface area contributed by atoms with Gasteiger partial charge in [0.25, 0.3) is 0 Å². The molecule has 0 fully saturated rings. The first kappa shape index (κ1) is 27.3. The number of carbonyl (C=O) groups is 1. The smallest absolute Gasteiger partial charge is 0.308 e. The maximum atomic E-state index is 12.5. The minimum Gasteiger partial charge on any atom is -0.308 e. The number of nitrogens with one attached hydrogen (secondary N) is 6. The van der Waals surface area contributed by atoms with Crippen molar-refractivity contribution in [2.45, 2.75) is 13.8 Å². The van der Waals surface area contributed by atoms with E-state index in [1.54, 1.807) is 73.1 Å². The Labute approximate surface area is 231 Å². The summed E-state index contributed by atoms with van der Waals surface area (Å²) in [4.78, 5) is 20.7. The highest BCUT2D eigenvalue weighted by Gasteiger charge is 2.07. The normalized spacial score (nSPS) is 11.3. The average Bonchev–Trinajstić information content (AvgIpc) is 3.00. The Morgan fingerprint density at radius 3 is 1.38 bits per heavy atom. The van der Waals surface area contributed by atoms with Crippen LogP contribution in [0.4, 0.5) is 16.2 Å². The molecule has 0 aliphatic carbocycles. The summed E-state index contributed by atoms with van der Waals surface area (Å²) in [5, 5.41) is 30.2. The van der Waals surface area contributed by atoms with Gasteiger partial charge in [0, 0.05) is 23.8 Å². The van der Waals surface area contributed by atoms with Crippen LogP contribution in [0.3, 0.4) is 0 Å². The van der Waals surface area contributed by atoms with Gasteiger partial charge in [-0.3, -0.25) is 31.6 Å². The molecule has 0 aliphatic rings. The molecule has 0 aliphatic heterocycles. The summed E-state index contributed by atoms with van der Waals surface area (Å²) in [5.74, 6) is 0.200. The number of amides is 2. The largest absolute Gasteiger partial charge is 0.323 e. The Bertz CT molecular complexity index is 1410. The number of aromatic nitrogens is 2. The van der Waals surface area contributed by atoms with E-state index >= 15 is 0 Å². The summed E-state index contributed by atoms with van der Waals surface area (Å²) in [5.41, 5.74) is 10.7. The molecule has 0 unspecified atom stereocenters. The van der Waals surface area contributed by atoms with Crippen molar-refractivity contribution in [3.05, 3.63) is 120 Å². The second-order valence-electron chi connectivity index (χ2n) is 8.53. The Morgan fingerprint density at radius 1 is 0.625 bits per heavy atom. The zero-order chi connectivity index (χ0) is 28.3. The number of nitrogens with zero attached hydrogens (tertiary/aromatic N) is 4. The van der Waals surface area contributed by atoms with Crippen molar-refractivity contribution in [3.8, 4) is 0 Å². The van der Waals surface area contributed by atoms with Crippen LogP contribution in [0, 0.1) is 10.8 Å². The molecule has 2 aromatic heterocycles. The molecule has 11 nitrogen and oxygen atoms in total. The van der Waals surface area contributed by atoms with Crippen molar-refractivity contribution in [1.82, 2.24) is 20.8 Å². The zero-order valence-corrected chi connectivity index (χ0v) is 21.9. The van der Waals surface area contributed by atoms with Gasteiger partial charge in [0.15, 0.2) is 11.7 Å². The fourth-order valence-electron chi connectivity index (χ4n) is 3.43. The zero-order valence-electron chi connectivity index (χ0n) is 21.9. The number of hydrazone groups is 2. The second kappa shape index (κ2) is 13.2. The number of benzene rings is 2. The Morgan fingerprint density at radius 2 is 1.02 bits per heavy atom. The van der Waals surface area contributed by atoms with Crippen molar-refractivity contribution < 1.29 is 4.79 Å². The van der Waals surface area contributed by atoms with Crippen LogP contribution in [0.2, 0.25) is 0 Å². The van der Waals surface area contributed by atoms with Crippen LogP contribution in [0.1, 0.15) is 36.4 Å². The highest BCUT2D eigenvalue weighted by molar-refractivity contribution is 6.04. The molecule has 0 saturated carbocycles. The topological polar surface area (TPSA) is 163 Å². The van der Waals surface area contributed by atoms with Crippen LogP contribution in [0.5, 0.6) is 0 Å². The van der Waals surface area contributed by atoms with Crippen LogP contribution in [0.15, 0.2) is 108 Å². The Kier molecular flexibility index (Phi) is 9.01. The maximum absolute atomic E-state index is 12.5. The molecular formula is C29H28N10O. The van der Waals surface area contributed by atoms with Gasteiger partial charge in [-0.2, -0.15) is 10.2 Å². The van der Waals surface area contributed by atoms with E-state index in [9.17, 15) is 4.79 Å². The number of anilines is 2.